The lowest BCUT2D eigenvalue weighted by Gasteiger charge is -2.03. The number of pyridine rings is 1. The standard InChI is InChI=1S/C12H10BrFN2S/c13-8-1-2-9(16-6-8)7-17-10-3-4-12(15)11(14)5-10/h1-6H,7,15H2. The SMILES string of the molecule is Nc1ccc(SCc2ccc(Br)cn2)cc1F. The zero-order chi connectivity index (χ0) is 12.3. The maximum absolute atomic E-state index is 13.2. The molecule has 17 heavy (non-hydrogen) atoms. The zero-order valence-corrected chi connectivity index (χ0v) is 11.3. The second-order valence-corrected chi connectivity index (χ2v) is 5.40. The van der Waals surface area contributed by atoms with Crippen molar-refractivity contribution < 1.29 is 4.39 Å². The van der Waals surface area contributed by atoms with E-state index in [0.717, 1.165) is 15.1 Å². The molecular weight excluding hydrogens is 303 g/mol. The molecule has 1 aromatic carbocycles. The fourth-order valence-corrected chi connectivity index (χ4v) is 2.32. The molecule has 0 aliphatic heterocycles. The van der Waals surface area contributed by atoms with Gasteiger partial charge in [-0.05, 0) is 46.3 Å². The largest absolute Gasteiger partial charge is 0.396 e. The van der Waals surface area contributed by atoms with Gasteiger partial charge >= 0.3 is 0 Å². The number of nitrogens with two attached hydrogens (primary N) is 1. The molecular formula is C12H10BrFN2S. The molecule has 0 aliphatic carbocycles. The molecule has 2 nitrogen and oxygen atoms in total. The van der Waals surface area contributed by atoms with E-state index in [1.54, 1.807) is 12.3 Å². The molecule has 0 unspecified atom stereocenters. The van der Waals surface area contributed by atoms with E-state index in [1.807, 2.05) is 18.2 Å². The molecule has 0 aliphatic rings. The molecule has 0 bridgehead atoms. The van der Waals surface area contributed by atoms with Gasteiger partial charge in [0.1, 0.15) is 5.82 Å². The average molecular weight is 313 g/mol. The highest BCUT2D eigenvalue weighted by Gasteiger charge is 2.02. The van der Waals surface area contributed by atoms with E-state index < -0.39 is 0 Å². The molecule has 2 N–H and O–H groups in total. The van der Waals surface area contributed by atoms with Crippen molar-refractivity contribution in [1.82, 2.24) is 4.98 Å². The van der Waals surface area contributed by atoms with Crippen LogP contribution in [0.5, 0.6) is 0 Å². The highest BCUT2D eigenvalue weighted by Crippen LogP contribution is 2.25. The number of thioether (sulfide) groups is 1. The molecule has 0 spiro atoms. The first-order valence-corrected chi connectivity index (χ1v) is 6.71. The van der Waals surface area contributed by atoms with Crippen molar-refractivity contribution in [2.75, 3.05) is 5.73 Å². The fraction of sp³-hybridized carbons (Fsp3) is 0.0833. The molecule has 0 saturated heterocycles. The summed E-state index contributed by atoms with van der Waals surface area (Å²) in [6, 6.07) is 8.70. The van der Waals surface area contributed by atoms with Gasteiger partial charge in [0.25, 0.3) is 0 Å². The van der Waals surface area contributed by atoms with Gasteiger partial charge in [-0.2, -0.15) is 0 Å². The Balaban J connectivity index is 2.02. The maximum Gasteiger partial charge on any atom is 0.147 e. The topological polar surface area (TPSA) is 38.9 Å². The van der Waals surface area contributed by atoms with Crippen LogP contribution in [0.3, 0.4) is 0 Å². The van der Waals surface area contributed by atoms with Crippen molar-refractivity contribution in [3.8, 4) is 0 Å². The van der Waals surface area contributed by atoms with Gasteiger partial charge in [-0.3, -0.25) is 4.98 Å². The molecule has 1 aromatic heterocycles. The monoisotopic (exact) mass is 312 g/mol. The molecule has 2 aromatic rings. The summed E-state index contributed by atoms with van der Waals surface area (Å²) in [4.78, 5) is 5.10. The lowest BCUT2D eigenvalue weighted by Crippen LogP contribution is -1.90. The Labute approximate surface area is 112 Å². The highest BCUT2D eigenvalue weighted by atomic mass is 79.9. The van der Waals surface area contributed by atoms with Crippen LogP contribution in [0.2, 0.25) is 0 Å². The van der Waals surface area contributed by atoms with Crippen molar-refractivity contribution in [3.63, 3.8) is 0 Å². The van der Waals surface area contributed by atoms with E-state index >= 15 is 0 Å². The molecule has 1 heterocycles. The van der Waals surface area contributed by atoms with Gasteiger partial charge in [-0.25, -0.2) is 4.39 Å². The van der Waals surface area contributed by atoms with Crippen LogP contribution >= 0.6 is 27.7 Å². The van der Waals surface area contributed by atoms with Gasteiger partial charge in [0, 0.05) is 21.3 Å². The van der Waals surface area contributed by atoms with E-state index in [4.69, 9.17) is 5.73 Å². The second kappa shape index (κ2) is 5.51. The lowest BCUT2D eigenvalue weighted by molar-refractivity contribution is 0.629. The predicted molar refractivity (Wildman–Crippen MR) is 72.3 cm³/mol. The minimum Gasteiger partial charge on any atom is -0.396 e. The summed E-state index contributed by atoms with van der Waals surface area (Å²) in [6.07, 6.45) is 1.75. The minimum atomic E-state index is -0.376. The lowest BCUT2D eigenvalue weighted by atomic mass is 10.3. The normalized spacial score (nSPS) is 10.5. The van der Waals surface area contributed by atoms with E-state index in [9.17, 15) is 4.39 Å². The van der Waals surface area contributed by atoms with Gasteiger partial charge in [-0.15, -0.1) is 11.8 Å². The van der Waals surface area contributed by atoms with Crippen LogP contribution in [-0.4, -0.2) is 4.98 Å². The quantitative estimate of drug-likeness (QED) is 0.691. The summed E-state index contributed by atoms with van der Waals surface area (Å²) in [6.45, 7) is 0. The summed E-state index contributed by atoms with van der Waals surface area (Å²) in [5.41, 5.74) is 6.54. The van der Waals surface area contributed by atoms with E-state index in [2.05, 4.69) is 20.9 Å². The van der Waals surface area contributed by atoms with Gasteiger partial charge < -0.3 is 5.73 Å². The Morgan fingerprint density at radius 1 is 1.29 bits per heavy atom. The third-order valence-electron chi connectivity index (χ3n) is 2.15. The number of nitrogen functional groups attached to an aromatic ring is 1. The second-order valence-electron chi connectivity index (χ2n) is 3.44. The van der Waals surface area contributed by atoms with Gasteiger partial charge in [0.2, 0.25) is 0 Å². The Morgan fingerprint density at radius 3 is 2.76 bits per heavy atom. The summed E-state index contributed by atoms with van der Waals surface area (Å²) < 4.78 is 14.1. The van der Waals surface area contributed by atoms with E-state index in [1.165, 1.54) is 17.8 Å². The zero-order valence-electron chi connectivity index (χ0n) is 8.86. The summed E-state index contributed by atoms with van der Waals surface area (Å²) >= 11 is 4.86. The van der Waals surface area contributed by atoms with Gasteiger partial charge in [-0.1, -0.05) is 0 Å². The number of benzene rings is 1. The van der Waals surface area contributed by atoms with E-state index in [0.29, 0.717) is 5.75 Å². The molecule has 2 rings (SSSR count). The molecule has 0 saturated carbocycles. The number of anilines is 1. The van der Waals surface area contributed by atoms with Gasteiger partial charge in [0.05, 0.1) is 11.4 Å². The summed E-state index contributed by atoms with van der Waals surface area (Å²) in [5, 5.41) is 0. The van der Waals surface area contributed by atoms with Crippen molar-refractivity contribution >= 4 is 33.4 Å². The Kier molecular flexibility index (Phi) is 4.02. The fourth-order valence-electron chi connectivity index (χ4n) is 1.25. The number of nitrogens with zero attached hydrogens (tertiary/aromatic N) is 1. The number of hydrogen-bond donors (Lipinski definition) is 1. The van der Waals surface area contributed by atoms with Gasteiger partial charge in [0.15, 0.2) is 0 Å². The Bertz CT molecular complexity index is 516. The molecule has 5 heteroatoms. The average Bonchev–Trinajstić information content (AvgIpc) is 2.33. The number of hydrogen-bond acceptors (Lipinski definition) is 3. The van der Waals surface area contributed by atoms with E-state index in [-0.39, 0.29) is 11.5 Å². The minimum absolute atomic E-state index is 0.177. The van der Waals surface area contributed by atoms with Crippen molar-refractivity contribution in [2.24, 2.45) is 0 Å². The van der Waals surface area contributed by atoms with Crippen LogP contribution in [0.1, 0.15) is 5.69 Å². The Morgan fingerprint density at radius 2 is 2.12 bits per heavy atom. The highest BCUT2D eigenvalue weighted by molar-refractivity contribution is 9.10. The van der Waals surface area contributed by atoms with Crippen LogP contribution in [0, 0.1) is 5.82 Å². The molecule has 0 radical (unpaired) electrons. The summed E-state index contributed by atoms with van der Waals surface area (Å²) in [7, 11) is 0. The molecule has 0 amide bonds. The first-order valence-electron chi connectivity index (χ1n) is 4.93. The van der Waals surface area contributed by atoms with Crippen molar-refractivity contribution in [3.05, 3.63) is 52.5 Å². The first kappa shape index (κ1) is 12.4. The number of rotatable bonds is 3. The summed E-state index contributed by atoms with van der Waals surface area (Å²) in [5.74, 6) is 0.329. The molecule has 88 valence electrons. The van der Waals surface area contributed by atoms with Crippen LogP contribution in [0.4, 0.5) is 10.1 Å². The van der Waals surface area contributed by atoms with Crippen LogP contribution < -0.4 is 5.73 Å². The third-order valence-corrected chi connectivity index (χ3v) is 3.64. The Hall–Kier alpha value is -1.07. The third kappa shape index (κ3) is 3.44. The smallest absolute Gasteiger partial charge is 0.147 e. The predicted octanol–water partition coefficient (Wildman–Crippen LogP) is 3.86. The van der Waals surface area contributed by atoms with Crippen LogP contribution in [0.25, 0.3) is 0 Å². The van der Waals surface area contributed by atoms with Crippen molar-refractivity contribution in [1.29, 1.82) is 0 Å². The van der Waals surface area contributed by atoms with Crippen LogP contribution in [0.15, 0.2) is 45.9 Å². The maximum atomic E-state index is 13.2. The first-order chi connectivity index (χ1) is 8.15. The number of halogens is 2. The number of aromatic nitrogens is 1. The van der Waals surface area contributed by atoms with Crippen LogP contribution in [-0.2, 0) is 5.75 Å². The molecule has 0 atom stereocenters. The molecule has 0 fully saturated rings. The van der Waals surface area contributed by atoms with Crippen molar-refractivity contribution in [2.45, 2.75) is 10.6 Å².